The van der Waals surface area contributed by atoms with Crippen LogP contribution >= 0.6 is 7.37 Å². The molecule has 2 unspecified atom stereocenters. The maximum Gasteiger partial charge on any atom is 0.226 e. The van der Waals surface area contributed by atoms with Gasteiger partial charge in [-0.2, -0.15) is 0 Å². The van der Waals surface area contributed by atoms with Crippen molar-refractivity contribution in [2.45, 2.75) is 18.6 Å². The first kappa shape index (κ1) is 16.7. The molecule has 0 heterocycles. The summed E-state index contributed by atoms with van der Waals surface area (Å²) in [5, 5.41) is 1.78. The van der Waals surface area contributed by atoms with Crippen LogP contribution in [0, 0.1) is 11.6 Å². The van der Waals surface area contributed by atoms with E-state index in [-0.39, 0.29) is 0 Å². The predicted molar refractivity (Wildman–Crippen MR) is 84.1 cm³/mol. The summed E-state index contributed by atoms with van der Waals surface area (Å²) in [4.78, 5) is 10.3. The lowest BCUT2D eigenvalue weighted by atomic mass is 10.0. The van der Waals surface area contributed by atoms with Gasteiger partial charge >= 0.3 is 0 Å². The molecule has 118 valence electrons. The van der Waals surface area contributed by atoms with Crippen molar-refractivity contribution >= 4 is 13.1 Å². The lowest BCUT2D eigenvalue weighted by Crippen LogP contribution is -2.34. The van der Waals surface area contributed by atoms with Crippen LogP contribution in [0.3, 0.4) is 0 Å². The van der Waals surface area contributed by atoms with E-state index >= 15 is 0 Å². The molecule has 0 bridgehead atoms. The van der Waals surface area contributed by atoms with Crippen molar-refractivity contribution in [2.75, 3.05) is 12.0 Å². The second-order valence-corrected chi connectivity index (χ2v) is 7.75. The SMILES string of the molecule is CCC(Nc1ccc(F)cc1)(c1ccc(F)cc1)P(C)(=O)O. The largest absolute Gasteiger partial charge is 0.367 e. The lowest BCUT2D eigenvalue weighted by molar-refractivity contribution is 0.437. The number of anilines is 1. The quantitative estimate of drug-likeness (QED) is 0.794. The van der Waals surface area contributed by atoms with Crippen molar-refractivity contribution in [3.8, 4) is 0 Å². The second kappa shape index (κ2) is 6.19. The van der Waals surface area contributed by atoms with Crippen LogP contribution in [0.5, 0.6) is 0 Å². The highest BCUT2D eigenvalue weighted by Crippen LogP contribution is 2.59. The molecule has 2 aromatic carbocycles. The summed E-state index contributed by atoms with van der Waals surface area (Å²) in [6.07, 6.45) is 0.306. The average Bonchev–Trinajstić information content (AvgIpc) is 2.46. The van der Waals surface area contributed by atoms with Crippen LogP contribution in [0.15, 0.2) is 48.5 Å². The molecule has 0 saturated heterocycles. The normalized spacial score (nSPS) is 16.6. The van der Waals surface area contributed by atoms with Crippen molar-refractivity contribution < 1.29 is 18.2 Å². The monoisotopic (exact) mass is 325 g/mol. The molecule has 0 fully saturated rings. The lowest BCUT2D eigenvalue weighted by Gasteiger charge is -2.37. The third kappa shape index (κ3) is 3.21. The molecule has 0 aliphatic heterocycles. The molecule has 3 nitrogen and oxygen atoms in total. The van der Waals surface area contributed by atoms with Crippen LogP contribution < -0.4 is 5.32 Å². The van der Waals surface area contributed by atoms with Crippen LogP contribution in [0.1, 0.15) is 18.9 Å². The van der Waals surface area contributed by atoms with E-state index in [0.29, 0.717) is 17.7 Å². The summed E-state index contributed by atoms with van der Waals surface area (Å²) in [7, 11) is -3.65. The minimum atomic E-state index is -3.65. The van der Waals surface area contributed by atoms with Gasteiger partial charge < -0.3 is 10.2 Å². The Kier molecular flexibility index (Phi) is 4.69. The number of halogens is 2. The van der Waals surface area contributed by atoms with E-state index < -0.39 is 24.3 Å². The molecule has 0 amide bonds. The summed E-state index contributed by atoms with van der Waals surface area (Å²) < 4.78 is 38.7. The fraction of sp³-hybridized carbons (Fsp3) is 0.250. The average molecular weight is 325 g/mol. The third-order valence-corrected chi connectivity index (χ3v) is 5.84. The van der Waals surface area contributed by atoms with Gasteiger partial charge in [-0.25, -0.2) is 8.78 Å². The van der Waals surface area contributed by atoms with Crippen molar-refractivity contribution in [1.29, 1.82) is 0 Å². The Hall–Kier alpha value is -1.71. The van der Waals surface area contributed by atoms with Crippen LogP contribution in [0.2, 0.25) is 0 Å². The van der Waals surface area contributed by atoms with E-state index in [2.05, 4.69) is 5.32 Å². The first-order chi connectivity index (χ1) is 10.3. The highest BCUT2D eigenvalue weighted by atomic mass is 31.2. The first-order valence-electron chi connectivity index (χ1n) is 6.88. The van der Waals surface area contributed by atoms with Gasteiger partial charge in [0.1, 0.15) is 16.9 Å². The van der Waals surface area contributed by atoms with Gasteiger partial charge in [-0.3, -0.25) is 4.57 Å². The van der Waals surface area contributed by atoms with Gasteiger partial charge in [0, 0.05) is 12.4 Å². The van der Waals surface area contributed by atoms with Crippen molar-refractivity contribution in [2.24, 2.45) is 0 Å². The summed E-state index contributed by atoms with van der Waals surface area (Å²) in [5.41, 5.74) is 1.03. The predicted octanol–water partition coefficient (Wildman–Crippen LogP) is 4.54. The highest BCUT2D eigenvalue weighted by molar-refractivity contribution is 7.58. The zero-order valence-electron chi connectivity index (χ0n) is 12.4. The van der Waals surface area contributed by atoms with Gasteiger partial charge in [0.05, 0.1) is 0 Å². The molecule has 0 aromatic heterocycles. The summed E-state index contributed by atoms with van der Waals surface area (Å²) in [5.74, 6) is -0.808. The van der Waals surface area contributed by atoms with Crippen LogP contribution in [0.25, 0.3) is 0 Å². The first-order valence-corrected chi connectivity index (χ1v) is 8.99. The van der Waals surface area contributed by atoms with E-state index in [4.69, 9.17) is 0 Å². The zero-order valence-corrected chi connectivity index (χ0v) is 13.3. The summed E-state index contributed by atoms with van der Waals surface area (Å²) in [6, 6.07) is 11.0. The van der Waals surface area contributed by atoms with E-state index in [1.807, 2.05) is 0 Å². The standard InChI is InChI=1S/C16H18F2NO2P/c1-3-16(22(2,20)21,12-4-6-13(17)7-5-12)19-15-10-8-14(18)9-11-15/h4-11,19H,3H2,1-2H3,(H,20,21). The molecule has 0 aliphatic carbocycles. The molecule has 0 aliphatic rings. The minimum Gasteiger partial charge on any atom is -0.367 e. The van der Waals surface area contributed by atoms with Crippen molar-refractivity contribution in [3.63, 3.8) is 0 Å². The molecule has 2 N–H and O–H groups in total. The van der Waals surface area contributed by atoms with Crippen molar-refractivity contribution in [3.05, 3.63) is 65.7 Å². The smallest absolute Gasteiger partial charge is 0.226 e. The molecule has 2 atom stereocenters. The molecule has 2 rings (SSSR count). The molecular weight excluding hydrogens is 307 g/mol. The number of nitrogens with one attached hydrogen (secondary N) is 1. The van der Waals surface area contributed by atoms with Crippen LogP contribution in [0.4, 0.5) is 14.5 Å². The Morgan fingerprint density at radius 3 is 1.91 bits per heavy atom. The van der Waals surface area contributed by atoms with Gasteiger partial charge in [-0.1, -0.05) is 19.1 Å². The number of rotatable bonds is 5. The molecular formula is C16H18F2NO2P. The maximum atomic E-state index is 13.2. The summed E-state index contributed by atoms with van der Waals surface area (Å²) >= 11 is 0. The Balaban J connectivity index is 2.52. The van der Waals surface area contributed by atoms with Gasteiger partial charge in [-0.15, -0.1) is 0 Å². The zero-order chi connectivity index (χ0) is 16.4. The molecule has 0 spiro atoms. The maximum absolute atomic E-state index is 13.2. The van der Waals surface area contributed by atoms with Crippen LogP contribution in [-0.4, -0.2) is 11.6 Å². The number of benzene rings is 2. The highest BCUT2D eigenvalue weighted by Gasteiger charge is 2.44. The minimum absolute atomic E-state index is 0.306. The molecule has 22 heavy (non-hydrogen) atoms. The summed E-state index contributed by atoms with van der Waals surface area (Å²) in [6.45, 7) is 3.03. The second-order valence-electron chi connectivity index (χ2n) is 5.23. The van der Waals surface area contributed by atoms with Gasteiger partial charge in [0.2, 0.25) is 7.37 Å². The number of hydrogen-bond donors (Lipinski definition) is 2. The molecule has 0 saturated carbocycles. The fourth-order valence-electron chi connectivity index (χ4n) is 2.50. The molecule has 0 radical (unpaired) electrons. The molecule has 2 aromatic rings. The van der Waals surface area contributed by atoms with Gasteiger partial charge in [-0.05, 0) is 48.4 Å². The van der Waals surface area contributed by atoms with Crippen LogP contribution in [-0.2, 0) is 9.85 Å². The van der Waals surface area contributed by atoms with E-state index in [1.165, 1.54) is 55.2 Å². The Morgan fingerprint density at radius 1 is 1.05 bits per heavy atom. The third-order valence-electron chi connectivity index (χ3n) is 3.74. The van der Waals surface area contributed by atoms with E-state index in [0.717, 1.165) is 0 Å². The van der Waals surface area contributed by atoms with Crippen molar-refractivity contribution in [1.82, 2.24) is 0 Å². The van der Waals surface area contributed by atoms with Gasteiger partial charge in [0.25, 0.3) is 0 Å². The Bertz CT molecular complexity index is 682. The molecule has 6 heteroatoms. The van der Waals surface area contributed by atoms with Gasteiger partial charge in [0.15, 0.2) is 0 Å². The number of hydrogen-bond acceptors (Lipinski definition) is 2. The van der Waals surface area contributed by atoms with E-state index in [1.54, 1.807) is 6.92 Å². The van der Waals surface area contributed by atoms with E-state index in [9.17, 15) is 18.2 Å². The topological polar surface area (TPSA) is 49.3 Å². The Morgan fingerprint density at radius 2 is 1.50 bits per heavy atom. The Labute approximate surface area is 128 Å². The fourth-order valence-corrected chi connectivity index (χ4v) is 4.05.